The molecule has 0 fully saturated rings. The molecular weight excluding hydrogens is 398 g/mol. The minimum atomic E-state index is -3.28. The first-order valence-electron chi connectivity index (χ1n) is 9.16. The zero-order valence-electron chi connectivity index (χ0n) is 15.7. The summed E-state index contributed by atoms with van der Waals surface area (Å²) in [5.41, 5.74) is 2.16. The maximum atomic E-state index is 12.3. The van der Waals surface area contributed by atoms with Gasteiger partial charge in [0.1, 0.15) is 5.00 Å². The number of rotatable bonds is 8. The van der Waals surface area contributed by atoms with Crippen LogP contribution in [0, 0.1) is 0 Å². The Morgan fingerprint density at radius 1 is 1.18 bits per heavy atom. The molecule has 3 rings (SSSR count). The minimum Gasteiger partial charge on any atom is -0.465 e. The van der Waals surface area contributed by atoms with Crippen LogP contribution in [0.3, 0.4) is 0 Å². The molecule has 0 unspecified atom stereocenters. The van der Waals surface area contributed by atoms with Gasteiger partial charge >= 0.3 is 5.97 Å². The van der Waals surface area contributed by atoms with Gasteiger partial charge < -0.3 is 10.1 Å². The van der Waals surface area contributed by atoms with Crippen molar-refractivity contribution < 1.29 is 22.7 Å². The van der Waals surface area contributed by atoms with Crippen LogP contribution in [0.15, 0.2) is 30.3 Å². The van der Waals surface area contributed by atoms with Crippen LogP contribution < -0.4 is 5.32 Å². The Balaban J connectivity index is 1.56. The number of amides is 1. The van der Waals surface area contributed by atoms with E-state index in [1.165, 1.54) is 18.4 Å². The lowest BCUT2D eigenvalue weighted by Gasteiger charge is -2.08. The molecule has 1 aliphatic rings. The second kappa shape index (κ2) is 8.87. The number of sulfone groups is 1. The average molecular weight is 422 g/mol. The van der Waals surface area contributed by atoms with E-state index in [4.69, 9.17) is 4.74 Å². The number of carbonyl (C=O) groups excluding carboxylic acids is 2. The third-order valence-corrected chi connectivity index (χ3v) is 7.54. The number of thiophene rings is 1. The van der Waals surface area contributed by atoms with E-state index in [1.807, 2.05) is 6.07 Å². The van der Waals surface area contributed by atoms with Crippen LogP contribution >= 0.6 is 11.3 Å². The lowest BCUT2D eigenvalue weighted by Crippen LogP contribution is -2.16. The highest BCUT2D eigenvalue weighted by Gasteiger charge is 2.28. The van der Waals surface area contributed by atoms with E-state index in [0.717, 1.165) is 35.3 Å². The molecule has 1 aliphatic carbocycles. The van der Waals surface area contributed by atoms with Crippen LogP contribution in [0.2, 0.25) is 0 Å². The Morgan fingerprint density at radius 2 is 1.93 bits per heavy atom. The van der Waals surface area contributed by atoms with Crippen LogP contribution in [0.1, 0.15) is 45.6 Å². The van der Waals surface area contributed by atoms with Gasteiger partial charge in [0.2, 0.25) is 5.91 Å². The molecule has 150 valence electrons. The number of carbonyl (C=O) groups is 2. The van der Waals surface area contributed by atoms with E-state index in [-0.39, 0.29) is 30.3 Å². The van der Waals surface area contributed by atoms with Gasteiger partial charge in [0.15, 0.2) is 9.84 Å². The highest BCUT2D eigenvalue weighted by Crippen LogP contribution is 2.39. The fraction of sp³-hybridized carbons (Fsp3) is 0.400. The standard InChI is InChI=1S/C20H23NO5S2/c1-26-20(23)18-15-9-5-10-16(15)27-19(18)21-17(22)11-6-12-28(24,25)13-14-7-3-2-4-8-14/h2-4,7-8H,5-6,9-13H2,1H3,(H,21,22). The molecule has 0 saturated heterocycles. The highest BCUT2D eigenvalue weighted by molar-refractivity contribution is 7.90. The summed E-state index contributed by atoms with van der Waals surface area (Å²) in [5.74, 6) is -0.820. The van der Waals surface area contributed by atoms with Gasteiger partial charge in [-0.15, -0.1) is 11.3 Å². The fourth-order valence-corrected chi connectivity index (χ4v) is 6.07. The zero-order chi connectivity index (χ0) is 20.1. The van der Waals surface area contributed by atoms with E-state index < -0.39 is 15.8 Å². The van der Waals surface area contributed by atoms with Crippen molar-refractivity contribution in [2.24, 2.45) is 0 Å². The monoisotopic (exact) mass is 421 g/mol. The van der Waals surface area contributed by atoms with Gasteiger partial charge in [-0.2, -0.15) is 0 Å². The molecule has 1 amide bonds. The summed E-state index contributed by atoms with van der Waals surface area (Å²) in [6.45, 7) is 0. The molecule has 0 spiro atoms. The first kappa shape index (κ1) is 20.5. The van der Waals surface area contributed by atoms with Crippen LogP contribution in [-0.2, 0) is 38.0 Å². The van der Waals surface area contributed by atoms with Crippen LogP contribution in [0.5, 0.6) is 0 Å². The molecule has 0 atom stereocenters. The number of aryl methyl sites for hydroxylation is 1. The number of hydrogen-bond donors (Lipinski definition) is 1. The molecular formula is C20H23NO5S2. The van der Waals surface area contributed by atoms with E-state index >= 15 is 0 Å². The summed E-state index contributed by atoms with van der Waals surface area (Å²) in [4.78, 5) is 25.5. The quantitative estimate of drug-likeness (QED) is 0.660. The molecule has 2 aromatic rings. The zero-order valence-corrected chi connectivity index (χ0v) is 17.3. The smallest absolute Gasteiger partial charge is 0.341 e. The second-order valence-corrected chi connectivity index (χ2v) is 10.1. The maximum absolute atomic E-state index is 12.3. The highest BCUT2D eigenvalue weighted by atomic mass is 32.2. The number of ether oxygens (including phenoxy) is 1. The lowest BCUT2D eigenvalue weighted by molar-refractivity contribution is -0.116. The molecule has 1 aromatic heterocycles. The predicted molar refractivity (Wildman–Crippen MR) is 109 cm³/mol. The Morgan fingerprint density at radius 3 is 2.64 bits per heavy atom. The number of fused-ring (bicyclic) bond motifs is 1. The molecule has 1 aromatic carbocycles. The number of esters is 1. The van der Waals surface area contributed by atoms with Crippen molar-refractivity contribution in [1.29, 1.82) is 0 Å². The molecule has 8 heteroatoms. The number of hydrogen-bond acceptors (Lipinski definition) is 6. The van der Waals surface area contributed by atoms with Gasteiger partial charge in [-0.3, -0.25) is 4.79 Å². The summed E-state index contributed by atoms with van der Waals surface area (Å²) < 4.78 is 29.3. The van der Waals surface area contributed by atoms with Crippen molar-refractivity contribution in [3.05, 3.63) is 51.9 Å². The van der Waals surface area contributed by atoms with Crippen molar-refractivity contribution in [2.75, 3.05) is 18.2 Å². The molecule has 0 saturated carbocycles. The predicted octanol–water partition coefficient (Wildman–Crippen LogP) is 3.36. The largest absolute Gasteiger partial charge is 0.465 e. The number of benzene rings is 1. The van der Waals surface area contributed by atoms with Crippen LogP contribution in [0.25, 0.3) is 0 Å². The first-order valence-corrected chi connectivity index (χ1v) is 11.8. The molecule has 1 heterocycles. The fourth-order valence-electron chi connectivity index (χ4n) is 3.35. The molecule has 0 radical (unpaired) electrons. The van der Waals surface area contributed by atoms with E-state index in [2.05, 4.69) is 5.32 Å². The number of nitrogens with one attached hydrogen (secondary N) is 1. The summed E-state index contributed by atoms with van der Waals surface area (Å²) in [7, 11) is -1.95. The number of anilines is 1. The van der Waals surface area contributed by atoms with Crippen molar-refractivity contribution in [3.8, 4) is 0 Å². The summed E-state index contributed by atoms with van der Waals surface area (Å²) >= 11 is 1.41. The van der Waals surface area contributed by atoms with E-state index in [0.29, 0.717) is 10.6 Å². The van der Waals surface area contributed by atoms with Crippen LogP contribution in [0.4, 0.5) is 5.00 Å². The van der Waals surface area contributed by atoms with Gasteiger partial charge in [0.05, 0.1) is 24.2 Å². The SMILES string of the molecule is COC(=O)c1c(NC(=O)CCCS(=O)(=O)Cc2ccccc2)sc2c1CCC2. The molecule has 28 heavy (non-hydrogen) atoms. The third-order valence-electron chi connectivity index (χ3n) is 4.65. The average Bonchev–Trinajstić information content (AvgIpc) is 3.22. The van der Waals surface area contributed by atoms with Crippen molar-refractivity contribution >= 4 is 38.1 Å². The molecule has 6 nitrogen and oxygen atoms in total. The second-order valence-electron chi connectivity index (χ2n) is 6.78. The Labute approximate surface area is 168 Å². The third kappa shape index (κ3) is 4.99. The van der Waals surface area contributed by atoms with Crippen molar-refractivity contribution in [2.45, 2.75) is 37.9 Å². The Kier molecular flexibility index (Phi) is 6.51. The summed E-state index contributed by atoms with van der Waals surface area (Å²) in [6.07, 6.45) is 3.02. The van der Waals surface area contributed by atoms with Crippen molar-refractivity contribution in [3.63, 3.8) is 0 Å². The minimum absolute atomic E-state index is 0.0282. The maximum Gasteiger partial charge on any atom is 0.341 e. The topological polar surface area (TPSA) is 89.5 Å². The van der Waals surface area contributed by atoms with E-state index in [9.17, 15) is 18.0 Å². The Hall–Kier alpha value is -2.19. The summed E-state index contributed by atoms with van der Waals surface area (Å²) in [5, 5.41) is 3.28. The van der Waals surface area contributed by atoms with Gasteiger partial charge in [-0.1, -0.05) is 30.3 Å². The molecule has 0 aliphatic heterocycles. The first-order chi connectivity index (χ1) is 13.4. The Bertz CT molecular complexity index is 964. The number of methoxy groups -OCH3 is 1. The lowest BCUT2D eigenvalue weighted by atomic mass is 10.1. The van der Waals surface area contributed by atoms with Crippen LogP contribution in [-0.4, -0.2) is 33.2 Å². The van der Waals surface area contributed by atoms with Gasteiger partial charge in [0, 0.05) is 11.3 Å². The normalized spacial score (nSPS) is 13.2. The van der Waals surface area contributed by atoms with Crippen molar-refractivity contribution in [1.82, 2.24) is 0 Å². The van der Waals surface area contributed by atoms with Gasteiger partial charge in [0.25, 0.3) is 0 Å². The molecule has 1 N–H and O–H groups in total. The van der Waals surface area contributed by atoms with E-state index in [1.54, 1.807) is 24.3 Å². The molecule has 0 bridgehead atoms. The van der Waals surface area contributed by atoms with Gasteiger partial charge in [-0.05, 0) is 36.8 Å². The van der Waals surface area contributed by atoms with Gasteiger partial charge in [-0.25, -0.2) is 13.2 Å². The summed E-state index contributed by atoms with van der Waals surface area (Å²) in [6, 6.07) is 8.98.